The predicted molar refractivity (Wildman–Crippen MR) is 73.9 cm³/mol. The fourth-order valence-corrected chi connectivity index (χ4v) is 3.54. The minimum absolute atomic E-state index is 0.0443. The van der Waals surface area contributed by atoms with Gasteiger partial charge in [-0.25, -0.2) is 17.8 Å². The standard InChI is InChI=1S/C12H10BrFN2O2S/c1-8-3-2-4-12(15-8)16-19(17,18)11-6-5-9(14)7-10(11)13/h2-7H,1H3,(H,15,16). The molecule has 0 unspecified atom stereocenters. The van der Waals surface area contributed by atoms with Crippen molar-refractivity contribution in [2.75, 3.05) is 4.72 Å². The summed E-state index contributed by atoms with van der Waals surface area (Å²) >= 11 is 3.03. The van der Waals surface area contributed by atoms with Crippen LogP contribution in [0.4, 0.5) is 10.2 Å². The number of hydrogen-bond acceptors (Lipinski definition) is 3. The van der Waals surface area contributed by atoms with E-state index in [1.54, 1.807) is 25.1 Å². The van der Waals surface area contributed by atoms with Crippen LogP contribution in [0, 0.1) is 12.7 Å². The van der Waals surface area contributed by atoms with Crippen molar-refractivity contribution in [3.63, 3.8) is 0 Å². The molecule has 0 aliphatic rings. The van der Waals surface area contributed by atoms with Gasteiger partial charge >= 0.3 is 0 Å². The number of pyridine rings is 1. The molecule has 0 atom stereocenters. The average Bonchev–Trinajstić information content (AvgIpc) is 2.27. The zero-order chi connectivity index (χ0) is 14.0. The van der Waals surface area contributed by atoms with E-state index in [1.165, 1.54) is 6.07 Å². The Hall–Kier alpha value is -1.47. The van der Waals surface area contributed by atoms with Gasteiger partial charge in [0.2, 0.25) is 0 Å². The number of halogens is 2. The van der Waals surface area contributed by atoms with Crippen LogP contribution in [-0.2, 0) is 10.0 Å². The summed E-state index contributed by atoms with van der Waals surface area (Å²) in [5.41, 5.74) is 0.693. The first-order valence-corrected chi connectivity index (χ1v) is 7.57. The van der Waals surface area contributed by atoms with E-state index in [0.29, 0.717) is 5.69 Å². The van der Waals surface area contributed by atoms with Crippen LogP contribution in [0.3, 0.4) is 0 Å². The third-order valence-corrected chi connectivity index (χ3v) is 4.64. The Morgan fingerprint density at radius 2 is 2.00 bits per heavy atom. The molecular weight excluding hydrogens is 335 g/mol. The van der Waals surface area contributed by atoms with Gasteiger partial charge in [-0.1, -0.05) is 6.07 Å². The fraction of sp³-hybridized carbons (Fsp3) is 0.0833. The number of nitrogens with zero attached hydrogens (tertiary/aromatic N) is 1. The third-order valence-electron chi connectivity index (χ3n) is 2.31. The highest BCUT2D eigenvalue weighted by molar-refractivity contribution is 9.10. The van der Waals surface area contributed by atoms with Crippen molar-refractivity contribution in [3.05, 3.63) is 52.4 Å². The Bertz CT molecular complexity index is 719. The van der Waals surface area contributed by atoms with Crippen LogP contribution in [0.15, 0.2) is 45.8 Å². The average molecular weight is 345 g/mol. The molecule has 0 saturated heterocycles. The van der Waals surface area contributed by atoms with Gasteiger partial charge in [-0.15, -0.1) is 0 Å². The van der Waals surface area contributed by atoms with Crippen molar-refractivity contribution >= 4 is 31.8 Å². The largest absolute Gasteiger partial charge is 0.264 e. The number of aryl methyl sites for hydroxylation is 1. The molecular formula is C12H10BrFN2O2S. The van der Waals surface area contributed by atoms with Gasteiger partial charge in [0.15, 0.2) is 0 Å². The summed E-state index contributed by atoms with van der Waals surface area (Å²) in [5.74, 6) is -0.296. The van der Waals surface area contributed by atoms with Crippen LogP contribution in [0.2, 0.25) is 0 Å². The number of rotatable bonds is 3. The topological polar surface area (TPSA) is 59.1 Å². The lowest BCUT2D eigenvalue weighted by molar-refractivity contribution is 0.598. The maximum Gasteiger partial charge on any atom is 0.264 e. The van der Waals surface area contributed by atoms with Crippen LogP contribution >= 0.6 is 15.9 Å². The summed E-state index contributed by atoms with van der Waals surface area (Å²) < 4.78 is 39.7. The lowest BCUT2D eigenvalue weighted by atomic mass is 10.3. The van der Waals surface area contributed by atoms with Crippen LogP contribution in [-0.4, -0.2) is 13.4 Å². The smallest absolute Gasteiger partial charge is 0.263 e. The second kappa shape index (κ2) is 5.26. The number of nitrogens with one attached hydrogen (secondary N) is 1. The van der Waals surface area contributed by atoms with Gasteiger partial charge in [-0.2, -0.15) is 0 Å². The molecule has 1 heterocycles. The molecule has 0 spiro atoms. The summed E-state index contributed by atoms with van der Waals surface area (Å²) in [6.07, 6.45) is 0. The molecule has 0 radical (unpaired) electrons. The molecule has 7 heteroatoms. The molecule has 1 aromatic heterocycles. The van der Waals surface area contributed by atoms with Crippen molar-refractivity contribution in [2.45, 2.75) is 11.8 Å². The van der Waals surface area contributed by atoms with Gasteiger partial charge in [0.25, 0.3) is 10.0 Å². The SMILES string of the molecule is Cc1cccc(NS(=O)(=O)c2ccc(F)cc2Br)n1. The first kappa shape index (κ1) is 14.0. The number of aromatic nitrogens is 1. The third kappa shape index (κ3) is 3.30. The molecule has 0 aliphatic heterocycles. The van der Waals surface area contributed by atoms with Crippen molar-refractivity contribution < 1.29 is 12.8 Å². The monoisotopic (exact) mass is 344 g/mol. The summed E-state index contributed by atoms with van der Waals surface area (Å²) in [7, 11) is -3.80. The van der Waals surface area contributed by atoms with Gasteiger partial charge in [-0.05, 0) is 53.2 Å². The fourth-order valence-electron chi connectivity index (χ4n) is 1.49. The van der Waals surface area contributed by atoms with Crippen molar-refractivity contribution in [1.29, 1.82) is 0 Å². The Kier molecular flexibility index (Phi) is 3.86. The molecule has 1 N–H and O–H groups in total. The quantitative estimate of drug-likeness (QED) is 0.930. The molecule has 0 fully saturated rings. The maximum atomic E-state index is 13.0. The molecule has 2 rings (SSSR count). The van der Waals surface area contributed by atoms with Crippen LogP contribution < -0.4 is 4.72 Å². The number of benzene rings is 1. The van der Waals surface area contributed by atoms with E-state index < -0.39 is 15.8 Å². The van der Waals surface area contributed by atoms with Crippen molar-refractivity contribution in [3.8, 4) is 0 Å². The zero-order valence-electron chi connectivity index (χ0n) is 9.89. The number of anilines is 1. The minimum atomic E-state index is -3.80. The van der Waals surface area contributed by atoms with Crippen LogP contribution in [0.1, 0.15) is 5.69 Å². The highest BCUT2D eigenvalue weighted by Gasteiger charge is 2.18. The van der Waals surface area contributed by atoms with Gasteiger partial charge in [-0.3, -0.25) is 4.72 Å². The molecule has 100 valence electrons. The van der Waals surface area contributed by atoms with Gasteiger partial charge in [0, 0.05) is 10.2 Å². The second-order valence-electron chi connectivity index (χ2n) is 3.84. The van der Waals surface area contributed by atoms with E-state index in [4.69, 9.17) is 0 Å². The highest BCUT2D eigenvalue weighted by atomic mass is 79.9. The Balaban J connectivity index is 2.38. The second-order valence-corrected chi connectivity index (χ2v) is 6.35. The molecule has 1 aromatic carbocycles. The van der Waals surface area contributed by atoms with E-state index in [-0.39, 0.29) is 15.2 Å². The first-order valence-electron chi connectivity index (χ1n) is 5.30. The maximum absolute atomic E-state index is 13.0. The molecule has 0 amide bonds. The van der Waals surface area contributed by atoms with E-state index in [9.17, 15) is 12.8 Å². The highest BCUT2D eigenvalue weighted by Crippen LogP contribution is 2.24. The van der Waals surface area contributed by atoms with Crippen molar-refractivity contribution in [2.24, 2.45) is 0 Å². The van der Waals surface area contributed by atoms with Crippen molar-refractivity contribution in [1.82, 2.24) is 4.98 Å². The summed E-state index contributed by atoms with van der Waals surface area (Å²) in [6.45, 7) is 1.76. The van der Waals surface area contributed by atoms with Gasteiger partial charge in [0.1, 0.15) is 16.5 Å². The van der Waals surface area contributed by atoms with Crippen LogP contribution in [0.5, 0.6) is 0 Å². The Morgan fingerprint density at radius 1 is 1.26 bits per heavy atom. The number of hydrogen-bond donors (Lipinski definition) is 1. The predicted octanol–water partition coefficient (Wildman–Crippen LogP) is 3.09. The molecule has 2 aromatic rings. The van der Waals surface area contributed by atoms with Gasteiger partial charge < -0.3 is 0 Å². The molecule has 4 nitrogen and oxygen atoms in total. The van der Waals surface area contributed by atoms with Crippen LogP contribution in [0.25, 0.3) is 0 Å². The van der Waals surface area contributed by atoms with Gasteiger partial charge in [0.05, 0.1) is 0 Å². The lowest BCUT2D eigenvalue weighted by Gasteiger charge is -2.09. The molecule has 0 saturated carbocycles. The number of sulfonamides is 1. The van der Waals surface area contributed by atoms with E-state index >= 15 is 0 Å². The summed E-state index contributed by atoms with van der Waals surface area (Å²) in [6, 6.07) is 8.37. The first-order chi connectivity index (χ1) is 8.88. The Morgan fingerprint density at radius 3 is 2.63 bits per heavy atom. The van der Waals surface area contributed by atoms with E-state index in [2.05, 4.69) is 25.6 Å². The summed E-state index contributed by atoms with van der Waals surface area (Å²) in [5, 5.41) is 0. The lowest BCUT2D eigenvalue weighted by Crippen LogP contribution is -2.14. The molecule has 0 bridgehead atoms. The summed E-state index contributed by atoms with van der Waals surface area (Å²) in [4.78, 5) is 4.01. The molecule has 0 aliphatic carbocycles. The molecule has 19 heavy (non-hydrogen) atoms. The zero-order valence-corrected chi connectivity index (χ0v) is 12.3. The Labute approximate surface area is 118 Å². The van der Waals surface area contributed by atoms with E-state index in [1.807, 2.05) is 0 Å². The normalized spacial score (nSPS) is 11.3. The van der Waals surface area contributed by atoms with E-state index in [0.717, 1.165) is 12.1 Å². The minimum Gasteiger partial charge on any atom is -0.263 e.